The molecule has 1 aromatic carbocycles. The lowest BCUT2D eigenvalue weighted by atomic mass is 9.97. The highest BCUT2D eigenvalue weighted by molar-refractivity contribution is 5.76. The quantitative estimate of drug-likeness (QED) is 0.643. The van der Waals surface area contributed by atoms with E-state index in [1.807, 2.05) is 31.2 Å². The smallest absolute Gasteiger partial charge is 0.220 e. The maximum Gasteiger partial charge on any atom is 0.220 e. The number of rotatable bonds is 10. The summed E-state index contributed by atoms with van der Waals surface area (Å²) in [4.78, 5) is 11.9. The van der Waals surface area contributed by atoms with E-state index < -0.39 is 0 Å². The van der Waals surface area contributed by atoms with E-state index in [0.29, 0.717) is 19.6 Å². The van der Waals surface area contributed by atoms with Crippen molar-refractivity contribution in [3.63, 3.8) is 0 Å². The van der Waals surface area contributed by atoms with E-state index in [0.717, 1.165) is 24.4 Å². The second-order valence-corrected chi connectivity index (χ2v) is 4.97. The molecule has 0 radical (unpaired) electrons. The van der Waals surface area contributed by atoms with E-state index in [-0.39, 0.29) is 11.8 Å². The second kappa shape index (κ2) is 10.2. The molecule has 1 rings (SSSR count). The van der Waals surface area contributed by atoms with E-state index >= 15 is 0 Å². The molecule has 118 valence electrons. The Balaban J connectivity index is 2.26. The number of hydrogen-bond donors (Lipinski definition) is 2. The minimum atomic E-state index is 0.0684. The van der Waals surface area contributed by atoms with E-state index in [2.05, 4.69) is 10.6 Å². The fourth-order valence-electron chi connectivity index (χ4n) is 2.01. The molecule has 5 nitrogen and oxygen atoms in total. The first-order valence-corrected chi connectivity index (χ1v) is 7.27. The van der Waals surface area contributed by atoms with Crippen molar-refractivity contribution in [2.45, 2.75) is 19.3 Å². The molecule has 1 aromatic rings. The topological polar surface area (TPSA) is 59.6 Å². The van der Waals surface area contributed by atoms with Gasteiger partial charge in [-0.05, 0) is 23.6 Å². The Morgan fingerprint density at radius 3 is 2.76 bits per heavy atom. The molecular formula is C16H26N2O3. The molecule has 0 saturated carbocycles. The van der Waals surface area contributed by atoms with Gasteiger partial charge in [0.25, 0.3) is 0 Å². The number of nitrogens with one attached hydrogen (secondary N) is 2. The first-order chi connectivity index (χ1) is 10.2. The lowest BCUT2D eigenvalue weighted by Crippen LogP contribution is -2.33. The monoisotopic (exact) mass is 294 g/mol. The Morgan fingerprint density at radius 2 is 2.05 bits per heavy atom. The van der Waals surface area contributed by atoms with Crippen LogP contribution in [0.3, 0.4) is 0 Å². The summed E-state index contributed by atoms with van der Waals surface area (Å²) in [6, 6.07) is 7.85. The van der Waals surface area contributed by atoms with Crippen molar-refractivity contribution in [3.05, 3.63) is 29.8 Å². The molecule has 0 aromatic heterocycles. The van der Waals surface area contributed by atoms with Gasteiger partial charge < -0.3 is 20.1 Å². The van der Waals surface area contributed by atoms with Crippen LogP contribution in [0.25, 0.3) is 0 Å². The summed E-state index contributed by atoms with van der Waals surface area (Å²) in [6.45, 7) is 4.91. The second-order valence-electron chi connectivity index (χ2n) is 4.97. The molecule has 1 unspecified atom stereocenters. The van der Waals surface area contributed by atoms with Crippen LogP contribution in [0.4, 0.5) is 0 Å². The molecule has 2 N–H and O–H groups in total. The summed E-state index contributed by atoms with van der Waals surface area (Å²) in [6.07, 6.45) is 0.477. The van der Waals surface area contributed by atoms with Gasteiger partial charge in [-0.2, -0.15) is 0 Å². The summed E-state index contributed by atoms with van der Waals surface area (Å²) in [5, 5.41) is 6.10. The van der Waals surface area contributed by atoms with E-state index in [4.69, 9.17) is 9.47 Å². The van der Waals surface area contributed by atoms with Gasteiger partial charge in [-0.3, -0.25) is 4.79 Å². The number of hydrogen-bond acceptors (Lipinski definition) is 4. The Labute approximate surface area is 127 Å². The third kappa shape index (κ3) is 7.11. The maximum absolute atomic E-state index is 11.9. The van der Waals surface area contributed by atoms with Crippen LogP contribution in [-0.2, 0) is 9.53 Å². The molecule has 0 heterocycles. The molecule has 0 saturated heterocycles. The highest BCUT2D eigenvalue weighted by Gasteiger charge is 2.11. The van der Waals surface area contributed by atoms with Gasteiger partial charge in [0.1, 0.15) is 5.75 Å². The standard InChI is InChI=1S/C16H26N2O3/c1-13(14-5-4-6-15(12-14)21-3)11-16(19)18-8-7-17-9-10-20-2/h4-6,12-13,17H,7-11H2,1-3H3,(H,18,19). The van der Waals surface area contributed by atoms with Crippen molar-refractivity contribution < 1.29 is 14.3 Å². The summed E-state index contributed by atoms with van der Waals surface area (Å²) >= 11 is 0. The van der Waals surface area contributed by atoms with Crippen molar-refractivity contribution in [2.24, 2.45) is 0 Å². The third-order valence-electron chi connectivity index (χ3n) is 3.26. The van der Waals surface area contributed by atoms with E-state index in [1.54, 1.807) is 14.2 Å². The Hall–Kier alpha value is -1.59. The lowest BCUT2D eigenvalue weighted by molar-refractivity contribution is -0.121. The van der Waals surface area contributed by atoms with Crippen LogP contribution in [0.2, 0.25) is 0 Å². The van der Waals surface area contributed by atoms with Crippen LogP contribution in [0.1, 0.15) is 24.8 Å². The number of amides is 1. The fourth-order valence-corrected chi connectivity index (χ4v) is 2.01. The van der Waals surface area contributed by atoms with Crippen molar-refractivity contribution in [1.82, 2.24) is 10.6 Å². The first-order valence-electron chi connectivity index (χ1n) is 7.27. The summed E-state index contributed by atoms with van der Waals surface area (Å²) in [7, 11) is 3.32. The van der Waals surface area contributed by atoms with Gasteiger partial charge in [0.2, 0.25) is 5.91 Å². The number of carbonyl (C=O) groups is 1. The van der Waals surface area contributed by atoms with Gasteiger partial charge in [-0.25, -0.2) is 0 Å². The van der Waals surface area contributed by atoms with Gasteiger partial charge in [-0.15, -0.1) is 0 Å². The van der Waals surface area contributed by atoms with Crippen LogP contribution in [0.5, 0.6) is 5.75 Å². The molecule has 5 heteroatoms. The Morgan fingerprint density at radius 1 is 1.24 bits per heavy atom. The predicted octanol–water partition coefficient (Wildman–Crippen LogP) is 1.54. The fraction of sp³-hybridized carbons (Fsp3) is 0.562. The summed E-state index contributed by atoms with van der Waals surface area (Å²) < 4.78 is 10.1. The maximum atomic E-state index is 11.9. The normalized spacial score (nSPS) is 12.0. The minimum Gasteiger partial charge on any atom is -0.497 e. The molecule has 0 fully saturated rings. The van der Waals surface area contributed by atoms with Gasteiger partial charge in [0.05, 0.1) is 13.7 Å². The van der Waals surface area contributed by atoms with Gasteiger partial charge >= 0.3 is 0 Å². The number of ether oxygens (including phenoxy) is 2. The number of carbonyl (C=O) groups excluding carboxylic acids is 1. The number of benzene rings is 1. The zero-order valence-corrected chi connectivity index (χ0v) is 13.1. The third-order valence-corrected chi connectivity index (χ3v) is 3.26. The van der Waals surface area contributed by atoms with Crippen molar-refractivity contribution in [2.75, 3.05) is 40.5 Å². The van der Waals surface area contributed by atoms with Crippen LogP contribution in [0.15, 0.2) is 24.3 Å². The zero-order chi connectivity index (χ0) is 15.5. The SMILES string of the molecule is COCCNCCNC(=O)CC(C)c1cccc(OC)c1. The zero-order valence-electron chi connectivity index (χ0n) is 13.1. The van der Waals surface area contributed by atoms with Crippen LogP contribution >= 0.6 is 0 Å². The predicted molar refractivity (Wildman–Crippen MR) is 83.8 cm³/mol. The first kappa shape index (κ1) is 17.5. The van der Waals surface area contributed by atoms with Crippen molar-refractivity contribution >= 4 is 5.91 Å². The molecule has 1 amide bonds. The average molecular weight is 294 g/mol. The molecule has 0 bridgehead atoms. The molecule has 21 heavy (non-hydrogen) atoms. The highest BCUT2D eigenvalue weighted by Crippen LogP contribution is 2.22. The molecular weight excluding hydrogens is 268 g/mol. The summed E-state index contributed by atoms with van der Waals surface area (Å²) in [5.41, 5.74) is 1.11. The molecule has 0 aliphatic heterocycles. The lowest BCUT2D eigenvalue weighted by Gasteiger charge is -2.13. The van der Waals surface area contributed by atoms with Crippen molar-refractivity contribution in [3.8, 4) is 5.75 Å². The van der Waals surface area contributed by atoms with Crippen molar-refractivity contribution in [1.29, 1.82) is 0 Å². The molecule has 1 atom stereocenters. The Kier molecular flexibility index (Phi) is 8.47. The molecule has 0 aliphatic rings. The average Bonchev–Trinajstić information content (AvgIpc) is 2.50. The van der Waals surface area contributed by atoms with Crippen LogP contribution < -0.4 is 15.4 Å². The Bertz CT molecular complexity index is 424. The number of methoxy groups -OCH3 is 2. The minimum absolute atomic E-state index is 0.0684. The van der Waals surface area contributed by atoms with Gasteiger partial charge in [0, 0.05) is 33.2 Å². The van der Waals surface area contributed by atoms with Gasteiger partial charge in [0.15, 0.2) is 0 Å². The van der Waals surface area contributed by atoms with Crippen LogP contribution in [0, 0.1) is 0 Å². The summed E-state index contributed by atoms with van der Waals surface area (Å²) in [5.74, 6) is 1.06. The van der Waals surface area contributed by atoms with Crippen LogP contribution in [-0.4, -0.2) is 46.4 Å². The largest absolute Gasteiger partial charge is 0.497 e. The van der Waals surface area contributed by atoms with Gasteiger partial charge in [-0.1, -0.05) is 19.1 Å². The van der Waals surface area contributed by atoms with E-state index in [1.165, 1.54) is 0 Å². The van der Waals surface area contributed by atoms with E-state index in [9.17, 15) is 4.79 Å². The molecule has 0 aliphatic carbocycles. The highest BCUT2D eigenvalue weighted by atomic mass is 16.5. The molecule has 0 spiro atoms.